The third-order valence-corrected chi connectivity index (χ3v) is 10.3. The Morgan fingerprint density at radius 3 is 1.10 bits per heavy atom. The van der Waals surface area contributed by atoms with Crippen LogP contribution in [-0.2, 0) is 29.6 Å². The van der Waals surface area contributed by atoms with Gasteiger partial charge in [-0.25, -0.2) is 16.8 Å². The lowest BCUT2D eigenvalue weighted by Gasteiger charge is -2.21. The Bertz CT molecular complexity index is 1230. The molecule has 2 rings (SSSR count). The fourth-order valence-corrected chi connectivity index (χ4v) is 7.69. The molecule has 2 aromatic rings. The quantitative estimate of drug-likeness (QED) is 0.200. The molecular weight excluding hydrogens is 576 g/mol. The van der Waals surface area contributed by atoms with E-state index in [1.807, 2.05) is 27.7 Å². The van der Waals surface area contributed by atoms with Gasteiger partial charge >= 0.3 is 0 Å². The number of hydrogen-bond acceptors (Lipinski definition) is 6. The lowest BCUT2D eigenvalue weighted by Crippen LogP contribution is -2.32. The maximum atomic E-state index is 12.9. The van der Waals surface area contributed by atoms with Gasteiger partial charge in [0.15, 0.2) is 0 Å². The van der Waals surface area contributed by atoms with E-state index in [2.05, 4.69) is 10.6 Å². The first-order valence-corrected chi connectivity index (χ1v) is 17.7. The highest BCUT2D eigenvalue weighted by atomic mass is 32.2. The number of unbranched alkanes of at least 4 members (excludes halogenated alkanes) is 1. The van der Waals surface area contributed by atoms with E-state index in [1.165, 1.54) is 32.9 Å². The molecule has 42 heavy (non-hydrogen) atoms. The van der Waals surface area contributed by atoms with Gasteiger partial charge in [0, 0.05) is 50.4 Å². The van der Waals surface area contributed by atoms with Crippen LogP contribution in [0, 0.1) is 0 Å². The summed E-state index contributed by atoms with van der Waals surface area (Å²) in [7, 11) is -7.16. The second-order valence-corrected chi connectivity index (χ2v) is 14.0. The minimum Gasteiger partial charge on any atom is -0.326 e. The van der Waals surface area contributed by atoms with E-state index in [1.54, 1.807) is 24.3 Å². The number of carbonyl (C=O) groups excluding carboxylic acids is 2. The molecule has 0 saturated carbocycles. The Morgan fingerprint density at radius 1 is 0.548 bits per heavy atom. The van der Waals surface area contributed by atoms with Crippen molar-refractivity contribution in [2.24, 2.45) is 0 Å². The molecule has 2 amide bonds. The third kappa shape index (κ3) is 10.5. The number of amides is 2. The lowest BCUT2D eigenvalue weighted by molar-refractivity contribution is -0.118. The van der Waals surface area contributed by atoms with Gasteiger partial charge in [0.25, 0.3) is 0 Å². The number of rotatable bonds is 19. The third-order valence-electron chi connectivity index (χ3n) is 6.50. The predicted octanol–water partition coefficient (Wildman–Crippen LogP) is 5.45. The van der Waals surface area contributed by atoms with Gasteiger partial charge in [-0.3, -0.25) is 9.59 Å². The molecule has 0 radical (unpaired) electrons. The summed E-state index contributed by atoms with van der Waals surface area (Å²) >= 11 is 0. The molecule has 12 heteroatoms. The van der Waals surface area contributed by atoms with Crippen LogP contribution < -0.4 is 10.6 Å². The van der Waals surface area contributed by atoms with E-state index in [0.717, 1.165) is 25.7 Å². The summed E-state index contributed by atoms with van der Waals surface area (Å²) in [6, 6.07) is 12.3. The lowest BCUT2D eigenvalue weighted by atomic mass is 10.1. The summed E-state index contributed by atoms with van der Waals surface area (Å²) in [4.78, 5) is 25.1. The maximum Gasteiger partial charge on any atom is 0.243 e. The second-order valence-electron chi connectivity index (χ2n) is 10.2. The van der Waals surface area contributed by atoms with Gasteiger partial charge in [-0.2, -0.15) is 8.61 Å². The van der Waals surface area contributed by atoms with Crippen molar-refractivity contribution in [2.45, 2.75) is 88.9 Å². The average molecular weight is 623 g/mol. The molecule has 0 unspecified atom stereocenters. The highest BCUT2D eigenvalue weighted by Gasteiger charge is 2.24. The monoisotopic (exact) mass is 622 g/mol. The van der Waals surface area contributed by atoms with Crippen LogP contribution in [0.5, 0.6) is 0 Å². The molecule has 0 saturated heterocycles. The Balaban J connectivity index is 1.80. The molecule has 0 aliphatic rings. The van der Waals surface area contributed by atoms with Gasteiger partial charge in [0.2, 0.25) is 31.9 Å². The first kappa shape index (κ1) is 35.4. The summed E-state index contributed by atoms with van der Waals surface area (Å²) in [6.45, 7) is 9.59. The zero-order valence-corrected chi connectivity index (χ0v) is 26.9. The van der Waals surface area contributed by atoms with E-state index in [9.17, 15) is 26.4 Å². The van der Waals surface area contributed by atoms with Crippen LogP contribution in [-0.4, -0.2) is 63.4 Å². The Kier molecular flexibility index (Phi) is 14.6. The summed E-state index contributed by atoms with van der Waals surface area (Å²) in [5.41, 5.74) is 1.01. The predicted molar refractivity (Wildman–Crippen MR) is 167 cm³/mol. The van der Waals surface area contributed by atoms with Crippen LogP contribution >= 0.6 is 0 Å². The SMILES string of the molecule is CCCN(CCC)S(=O)(=O)c1ccc(NC(=O)CCCCC(=O)Nc2ccc(S(=O)(=O)N(CCC)CCC)cc2)cc1. The molecule has 0 aliphatic heterocycles. The Labute approximate surface area is 252 Å². The molecule has 10 nitrogen and oxygen atoms in total. The van der Waals surface area contributed by atoms with Crippen LogP contribution in [0.4, 0.5) is 11.4 Å². The smallest absolute Gasteiger partial charge is 0.243 e. The topological polar surface area (TPSA) is 133 Å². The van der Waals surface area contributed by atoms with Crippen LogP contribution in [0.2, 0.25) is 0 Å². The summed E-state index contributed by atoms with van der Waals surface area (Å²) < 4.78 is 54.5. The number of anilines is 2. The van der Waals surface area contributed by atoms with E-state index in [4.69, 9.17) is 0 Å². The number of benzene rings is 2. The van der Waals surface area contributed by atoms with Crippen molar-refractivity contribution in [1.82, 2.24) is 8.61 Å². The second kappa shape index (κ2) is 17.3. The normalized spacial score (nSPS) is 12.0. The Morgan fingerprint density at radius 2 is 0.833 bits per heavy atom. The summed E-state index contributed by atoms with van der Waals surface area (Å²) in [6.07, 6.45) is 4.34. The first-order valence-electron chi connectivity index (χ1n) is 14.8. The number of hydrogen-bond donors (Lipinski definition) is 2. The van der Waals surface area contributed by atoms with Gasteiger partial charge in [-0.05, 0) is 87.1 Å². The molecule has 0 aromatic heterocycles. The molecule has 2 N–H and O–H groups in total. The van der Waals surface area contributed by atoms with E-state index in [0.29, 0.717) is 50.4 Å². The maximum absolute atomic E-state index is 12.9. The van der Waals surface area contributed by atoms with Crippen molar-refractivity contribution in [3.05, 3.63) is 48.5 Å². The van der Waals surface area contributed by atoms with Crippen LogP contribution in [0.3, 0.4) is 0 Å². The van der Waals surface area contributed by atoms with Gasteiger partial charge in [0.1, 0.15) is 0 Å². The highest BCUT2D eigenvalue weighted by Crippen LogP contribution is 2.21. The minimum absolute atomic E-state index is 0.194. The highest BCUT2D eigenvalue weighted by molar-refractivity contribution is 7.89. The number of nitrogens with zero attached hydrogens (tertiary/aromatic N) is 2. The molecule has 0 heterocycles. The molecule has 2 aromatic carbocycles. The molecule has 0 bridgehead atoms. The van der Waals surface area contributed by atoms with Crippen LogP contribution in [0.1, 0.15) is 79.1 Å². The summed E-state index contributed by atoms with van der Waals surface area (Å²) in [5, 5.41) is 5.54. The van der Waals surface area contributed by atoms with E-state index < -0.39 is 20.0 Å². The number of sulfonamides is 2. The summed E-state index contributed by atoms with van der Waals surface area (Å²) in [5.74, 6) is -0.441. The fraction of sp³-hybridized carbons (Fsp3) is 0.533. The first-order chi connectivity index (χ1) is 20.0. The van der Waals surface area contributed by atoms with E-state index >= 15 is 0 Å². The van der Waals surface area contributed by atoms with Gasteiger partial charge in [0.05, 0.1) is 9.79 Å². The van der Waals surface area contributed by atoms with Gasteiger partial charge in [-0.15, -0.1) is 0 Å². The number of nitrogens with one attached hydrogen (secondary N) is 2. The van der Waals surface area contributed by atoms with Gasteiger partial charge < -0.3 is 10.6 Å². The largest absolute Gasteiger partial charge is 0.326 e. The van der Waals surface area contributed by atoms with E-state index in [-0.39, 0.29) is 34.4 Å². The molecule has 0 spiro atoms. The molecule has 0 aliphatic carbocycles. The van der Waals surface area contributed by atoms with Crippen molar-refractivity contribution in [1.29, 1.82) is 0 Å². The Hall–Kier alpha value is -2.80. The molecule has 0 fully saturated rings. The van der Waals surface area contributed by atoms with Crippen molar-refractivity contribution in [3.63, 3.8) is 0 Å². The molecule has 0 atom stereocenters. The molecular formula is C30H46N4O6S2. The van der Waals surface area contributed by atoms with Crippen molar-refractivity contribution in [3.8, 4) is 0 Å². The standard InChI is InChI=1S/C30H46N4O6S2/c1-5-21-33(22-6-2)41(37,38)27-17-13-25(14-18-27)31-29(35)11-9-10-12-30(36)32-26-15-19-28(20-16-26)42(39,40)34(23-7-3)24-8-4/h13-20H,5-12,21-24H2,1-4H3,(H,31,35)(H,32,36). The minimum atomic E-state index is -3.58. The average Bonchev–Trinajstić information content (AvgIpc) is 2.95. The van der Waals surface area contributed by atoms with Crippen molar-refractivity contribution >= 4 is 43.2 Å². The van der Waals surface area contributed by atoms with Crippen molar-refractivity contribution < 1.29 is 26.4 Å². The van der Waals surface area contributed by atoms with Crippen LogP contribution in [0.25, 0.3) is 0 Å². The van der Waals surface area contributed by atoms with Gasteiger partial charge in [-0.1, -0.05) is 27.7 Å². The molecule has 234 valence electrons. The van der Waals surface area contributed by atoms with Crippen molar-refractivity contribution in [2.75, 3.05) is 36.8 Å². The fourth-order valence-electron chi connectivity index (χ4n) is 4.44. The number of carbonyl (C=O) groups is 2. The van der Waals surface area contributed by atoms with Crippen LogP contribution in [0.15, 0.2) is 58.3 Å². The zero-order valence-electron chi connectivity index (χ0n) is 25.3. The zero-order chi connectivity index (χ0) is 31.2.